The van der Waals surface area contributed by atoms with Crippen molar-refractivity contribution in [2.75, 3.05) is 13.2 Å². The number of aliphatic hydroxyl groups excluding tert-OH is 1. The first-order valence-electron chi connectivity index (χ1n) is 13.1. The Morgan fingerprint density at radius 1 is 1.21 bits per heavy atom. The summed E-state index contributed by atoms with van der Waals surface area (Å²) in [6.07, 6.45) is 0.243. The van der Waals surface area contributed by atoms with Crippen molar-refractivity contribution < 1.29 is 24.2 Å². The molecule has 38 heavy (non-hydrogen) atoms. The van der Waals surface area contributed by atoms with E-state index in [9.17, 15) is 19.5 Å². The van der Waals surface area contributed by atoms with E-state index in [2.05, 4.69) is 15.6 Å². The van der Waals surface area contributed by atoms with Crippen LogP contribution in [0, 0.1) is 12.3 Å². The van der Waals surface area contributed by atoms with Crippen molar-refractivity contribution in [3.05, 3.63) is 41.0 Å². The third kappa shape index (κ3) is 7.32. The highest BCUT2D eigenvalue weighted by Crippen LogP contribution is 2.29. The Bertz CT molecular complexity index is 1110. The minimum atomic E-state index is -0.919. The second-order valence-corrected chi connectivity index (χ2v) is 11.8. The SMILES string of the molecule is CCCCOC(=O)N[C@H](C(=O)N1C[C@H](O)C[C@H]1C(=O)N[C@@H](C)c1ccc(-c2scnc2C)cc1)C(C)(C)C. The van der Waals surface area contributed by atoms with Crippen molar-refractivity contribution in [2.45, 2.75) is 85.0 Å². The third-order valence-corrected chi connectivity index (χ3v) is 7.73. The quantitative estimate of drug-likeness (QED) is 0.407. The Labute approximate surface area is 229 Å². The predicted octanol–water partition coefficient (Wildman–Crippen LogP) is 4.20. The lowest BCUT2D eigenvalue weighted by Crippen LogP contribution is -2.58. The fourth-order valence-corrected chi connectivity index (χ4v) is 5.30. The molecule has 3 rings (SSSR count). The summed E-state index contributed by atoms with van der Waals surface area (Å²) in [6, 6.07) is 5.88. The highest BCUT2D eigenvalue weighted by atomic mass is 32.1. The number of aliphatic hydroxyl groups is 1. The van der Waals surface area contributed by atoms with Gasteiger partial charge in [0.1, 0.15) is 12.1 Å². The second kappa shape index (κ2) is 12.7. The molecular weight excluding hydrogens is 504 g/mol. The summed E-state index contributed by atoms with van der Waals surface area (Å²) >= 11 is 1.58. The van der Waals surface area contributed by atoms with Gasteiger partial charge in [0.15, 0.2) is 0 Å². The van der Waals surface area contributed by atoms with E-state index < -0.39 is 35.6 Å². The van der Waals surface area contributed by atoms with Gasteiger partial charge in [0.25, 0.3) is 0 Å². The second-order valence-electron chi connectivity index (χ2n) is 10.9. The number of rotatable bonds is 9. The van der Waals surface area contributed by atoms with Crippen LogP contribution in [0.3, 0.4) is 0 Å². The summed E-state index contributed by atoms with van der Waals surface area (Å²) in [6.45, 7) is 11.6. The zero-order valence-electron chi connectivity index (χ0n) is 23.1. The van der Waals surface area contributed by atoms with Gasteiger partial charge in [-0.1, -0.05) is 58.4 Å². The molecule has 3 N–H and O–H groups in total. The summed E-state index contributed by atoms with van der Waals surface area (Å²) in [7, 11) is 0. The molecule has 0 saturated carbocycles. The Kier molecular flexibility index (Phi) is 9.89. The summed E-state index contributed by atoms with van der Waals surface area (Å²) < 4.78 is 5.20. The van der Waals surface area contributed by atoms with E-state index in [-0.39, 0.29) is 31.5 Å². The van der Waals surface area contributed by atoms with Crippen LogP contribution >= 0.6 is 11.3 Å². The number of alkyl carbamates (subject to hydrolysis) is 1. The highest BCUT2D eigenvalue weighted by molar-refractivity contribution is 7.13. The summed E-state index contributed by atoms with van der Waals surface area (Å²) in [5.74, 6) is -0.762. The normalized spacial score (nSPS) is 19.1. The largest absolute Gasteiger partial charge is 0.450 e. The zero-order chi connectivity index (χ0) is 28.0. The number of benzene rings is 1. The van der Waals surface area contributed by atoms with Gasteiger partial charge in [-0.15, -0.1) is 11.3 Å². The summed E-state index contributed by atoms with van der Waals surface area (Å²) in [5.41, 5.74) is 4.15. The summed E-state index contributed by atoms with van der Waals surface area (Å²) in [4.78, 5) is 46.1. The number of hydrogen-bond donors (Lipinski definition) is 3. The lowest BCUT2D eigenvalue weighted by atomic mass is 9.85. The number of aromatic nitrogens is 1. The van der Waals surface area contributed by atoms with Gasteiger partial charge >= 0.3 is 6.09 Å². The number of β-amino-alcohol motifs (C(OH)–C–C–N with tert-alkyl or cyclic N) is 1. The molecule has 1 saturated heterocycles. The molecule has 2 aromatic rings. The average molecular weight is 545 g/mol. The third-order valence-electron chi connectivity index (χ3n) is 6.75. The van der Waals surface area contributed by atoms with Crippen molar-refractivity contribution in [1.82, 2.24) is 20.5 Å². The minimum Gasteiger partial charge on any atom is -0.450 e. The van der Waals surface area contributed by atoms with Crippen LogP contribution in [0.5, 0.6) is 0 Å². The van der Waals surface area contributed by atoms with Gasteiger partial charge in [0.2, 0.25) is 11.8 Å². The van der Waals surface area contributed by atoms with Crippen molar-refractivity contribution in [2.24, 2.45) is 5.41 Å². The lowest BCUT2D eigenvalue weighted by Gasteiger charge is -2.35. The molecule has 9 nitrogen and oxygen atoms in total. The van der Waals surface area contributed by atoms with Crippen LogP contribution < -0.4 is 10.6 Å². The van der Waals surface area contributed by atoms with Gasteiger partial charge < -0.3 is 25.4 Å². The van der Waals surface area contributed by atoms with Crippen LogP contribution in [0.2, 0.25) is 0 Å². The maximum absolute atomic E-state index is 13.6. The van der Waals surface area contributed by atoms with Crippen LogP contribution in [0.1, 0.15) is 71.2 Å². The molecule has 1 aromatic heterocycles. The fourth-order valence-electron chi connectivity index (χ4n) is 4.48. The number of ether oxygens (including phenoxy) is 1. The van der Waals surface area contributed by atoms with Crippen molar-refractivity contribution in [3.63, 3.8) is 0 Å². The van der Waals surface area contributed by atoms with E-state index in [0.717, 1.165) is 34.5 Å². The molecule has 2 heterocycles. The Morgan fingerprint density at radius 2 is 1.89 bits per heavy atom. The Hall–Kier alpha value is -2.98. The molecule has 208 valence electrons. The summed E-state index contributed by atoms with van der Waals surface area (Å²) in [5, 5.41) is 16.1. The molecule has 1 fully saturated rings. The Morgan fingerprint density at radius 3 is 2.47 bits per heavy atom. The van der Waals surface area contributed by atoms with Crippen molar-refractivity contribution in [1.29, 1.82) is 0 Å². The standard InChI is InChI=1S/C28H40N4O5S/c1-7-8-13-37-27(36)31-24(28(4,5)6)26(35)32-15-21(33)14-22(32)25(34)30-17(2)19-9-11-20(12-10-19)23-18(3)29-16-38-23/h9-12,16-17,21-22,24,33H,7-8,13-15H2,1-6H3,(H,30,34)(H,31,36)/t17-,21+,22-,24+/m0/s1. The van der Waals surface area contributed by atoms with Gasteiger partial charge in [-0.2, -0.15) is 0 Å². The average Bonchev–Trinajstić information content (AvgIpc) is 3.47. The number of likely N-dealkylation sites (tertiary alicyclic amines) is 1. The zero-order valence-corrected chi connectivity index (χ0v) is 23.9. The van der Waals surface area contributed by atoms with Crippen LogP contribution in [0.25, 0.3) is 10.4 Å². The molecule has 10 heteroatoms. The van der Waals surface area contributed by atoms with Crippen molar-refractivity contribution >= 4 is 29.2 Å². The smallest absolute Gasteiger partial charge is 0.407 e. The molecule has 1 aromatic carbocycles. The van der Waals surface area contributed by atoms with Crippen LogP contribution in [-0.4, -0.2) is 64.2 Å². The van der Waals surface area contributed by atoms with Crippen LogP contribution in [0.4, 0.5) is 4.79 Å². The number of nitrogens with zero attached hydrogens (tertiary/aromatic N) is 2. The number of carbonyl (C=O) groups excluding carboxylic acids is 3. The number of amides is 3. The molecule has 0 aliphatic carbocycles. The number of nitrogens with one attached hydrogen (secondary N) is 2. The maximum Gasteiger partial charge on any atom is 0.407 e. The van der Waals surface area contributed by atoms with Gasteiger partial charge in [-0.05, 0) is 36.8 Å². The van der Waals surface area contributed by atoms with Gasteiger partial charge in [0, 0.05) is 13.0 Å². The number of aryl methyl sites for hydroxylation is 1. The van der Waals surface area contributed by atoms with E-state index in [0.29, 0.717) is 0 Å². The van der Waals surface area contributed by atoms with Crippen molar-refractivity contribution in [3.8, 4) is 10.4 Å². The minimum absolute atomic E-state index is 0.0212. The molecular formula is C28H40N4O5S. The molecule has 4 atom stereocenters. The molecule has 0 radical (unpaired) electrons. The van der Waals surface area contributed by atoms with Gasteiger partial charge in [-0.3, -0.25) is 9.59 Å². The van der Waals surface area contributed by atoms with Crippen LogP contribution in [0.15, 0.2) is 29.8 Å². The topological polar surface area (TPSA) is 121 Å². The highest BCUT2D eigenvalue weighted by Gasteiger charge is 2.44. The van der Waals surface area contributed by atoms with Gasteiger partial charge in [-0.25, -0.2) is 9.78 Å². The fraction of sp³-hybridized carbons (Fsp3) is 0.571. The monoisotopic (exact) mass is 544 g/mol. The van der Waals surface area contributed by atoms with E-state index in [4.69, 9.17) is 4.74 Å². The first-order chi connectivity index (χ1) is 17.9. The molecule has 0 bridgehead atoms. The Balaban J connectivity index is 1.69. The van der Waals surface area contributed by atoms with Gasteiger partial charge in [0.05, 0.1) is 34.8 Å². The predicted molar refractivity (Wildman–Crippen MR) is 148 cm³/mol. The lowest BCUT2D eigenvalue weighted by molar-refractivity contribution is -0.142. The number of unbranched alkanes of at least 4 members (excludes halogenated alkanes) is 1. The number of hydrogen-bond acceptors (Lipinski definition) is 7. The van der Waals surface area contributed by atoms with E-state index in [1.165, 1.54) is 4.90 Å². The first-order valence-corrected chi connectivity index (χ1v) is 14.0. The molecule has 3 amide bonds. The first kappa shape index (κ1) is 29.6. The van der Waals surface area contributed by atoms with E-state index in [1.54, 1.807) is 11.3 Å². The van der Waals surface area contributed by atoms with E-state index in [1.807, 2.05) is 71.3 Å². The van der Waals surface area contributed by atoms with Crippen LogP contribution in [-0.2, 0) is 14.3 Å². The van der Waals surface area contributed by atoms with E-state index >= 15 is 0 Å². The number of carbonyl (C=O) groups is 3. The molecule has 1 aliphatic rings. The molecule has 0 unspecified atom stereocenters. The molecule has 1 aliphatic heterocycles. The number of thiazole rings is 1. The maximum atomic E-state index is 13.6. The molecule has 0 spiro atoms.